The Morgan fingerprint density at radius 3 is 2.51 bits per heavy atom. The highest BCUT2D eigenvalue weighted by Gasteiger charge is 2.85. The fraction of sp³-hybridized carbons (Fsp3) is 0.759. The Balaban J connectivity index is 1.28. The highest BCUT2D eigenvalue weighted by atomic mass is 16.7. The summed E-state index contributed by atoms with van der Waals surface area (Å²) < 4.78 is 23.9. The molecule has 0 amide bonds. The van der Waals surface area contributed by atoms with Crippen molar-refractivity contribution in [2.75, 3.05) is 0 Å². The number of fused-ring (bicyclic) bond motifs is 3. The quantitative estimate of drug-likeness (QED) is 0.434. The molecule has 0 radical (unpaired) electrons. The maximum Gasteiger partial charge on any atom is 0.339 e. The Labute approximate surface area is 226 Å². The molecule has 12 atom stereocenters. The first kappa shape index (κ1) is 25.8. The van der Waals surface area contributed by atoms with Crippen LogP contribution in [0.2, 0.25) is 0 Å². The number of ketones is 1. The summed E-state index contributed by atoms with van der Waals surface area (Å²) >= 11 is 0. The molecule has 2 bridgehead atoms. The van der Waals surface area contributed by atoms with Crippen LogP contribution in [0.4, 0.5) is 0 Å². The third kappa shape index (κ3) is 2.92. The van der Waals surface area contributed by atoms with E-state index in [2.05, 4.69) is 0 Å². The SMILES string of the molecule is CC1=C/C(=C/[C@@H](C)C2C3C2(C)CC[C@@]24O[C@]3(O)C(=O)[C@@H]2[C@@H](O)C[C@H]2C(C)(C)O[C@@H]3CC(=O)O[C@@]32[C@H]4O)OC1=O. The van der Waals surface area contributed by atoms with Crippen LogP contribution in [-0.4, -0.2) is 73.9 Å². The molecule has 4 saturated heterocycles. The molecule has 7 aliphatic rings. The monoisotopic (exact) mass is 544 g/mol. The van der Waals surface area contributed by atoms with Crippen molar-refractivity contribution in [3.63, 3.8) is 0 Å². The van der Waals surface area contributed by atoms with Crippen LogP contribution in [0.1, 0.15) is 60.3 Å². The summed E-state index contributed by atoms with van der Waals surface area (Å²) in [5, 5.41) is 35.8. The normalized spacial score (nSPS) is 54.6. The fourth-order valence-electron chi connectivity index (χ4n) is 9.74. The molecule has 2 spiro atoms. The van der Waals surface area contributed by atoms with E-state index >= 15 is 0 Å². The van der Waals surface area contributed by atoms with Crippen molar-refractivity contribution in [2.24, 2.45) is 35.0 Å². The lowest BCUT2D eigenvalue weighted by atomic mass is 9.67. The van der Waals surface area contributed by atoms with E-state index in [9.17, 15) is 29.7 Å². The lowest BCUT2D eigenvalue weighted by molar-refractivity contribution is -0.277. The van der Waals surface area contributed by atoms with E-state index in [1.165, 1.54) is 0 Å². The number of hydrogen-bond donors (Lipinski definition) is 3. The molecule has 2 saturated carbocycles. The first-order valence-corrected chi connectivity index (χ1v) is 14.0. The van der Waals surface area contributed by atoms with E-state index in [0.717, 1.165) is 0 Å². The maximum atomic E-state index is 14.1. The molecular formula is C29H36O10. The lowest BCUT2D eigenvalue weighted by Gasteiger charge is -2.45. The Hall–Kier alpha value is -2.11. The van der Waals surface area contributed by atoms with Gasteiger partial charge < -0.3 is 34.3 Å². The number of Topliss-reactive ketones (excluding diaryl/α,β-unsaturated/α-hetero) is 1. The Bertz CT molecular complexity index is 1270. The van der Waals surface area contributed by atoms with E-state index < -0.39 is 81.8 Å². The molecule has 3 N–H and O–H groups in total. The smallest absolute Gasteiger partial charge is 0.339 e. The fourth-order valence-corrected chi connectivity index (χ4v) is 9.74. The van der Waals surface area contributed by atoms with Crippen LogP contribution in [0.25, 0.3) is 0 Å². The number of aliphatic hydroxyl groups is 3. The van der Waals surface area contributed by atoms with Gasteiger partial charge in [0.15, 0.2) is 5.60 Å². The average Bonchev–Trinajstić information content (AvgIpc) is 2.94. The third-order valence-electron chi connectivity index (χ3n) is 11.3. The molecule has 6 fully saturated rings. The zero-order valence-corrected chi connectivity index (χ0v) is 22.8. The second kappa shape index (κ2) is 7.39. The second-order valence-electron chi connectivity index (χ2n) is 13.7. The van der Waals surface area contributed by atoms with Gasteiger partial charge in [0.25, 0.3) is 0 Å². The summed E-state index contributed by atoms with van der Waals surface area (Å²) in [5.74, 6) is -6.01. The minimum atomic E-state index is -2.23. The van der Waals surface area contributed by atoms with Crippen LogP contribution in [-0.2, 0) is 33.3 Å². The molecule has 212 valence electrons. The van der Waals surface area contributed by atoms with Gasteiger partial charge in [0.1, 0.15) is 23.6 Å². The molecule has 3 unspecified atom stereocenters. The maximum absolute atomic E-state index is 14.1. The molecule has 10 heteroatoms. The van der Waals surface area contributed by atoms with Crippen molar-refractivity contribution in [3.8, 4) is 0 Å². The molecular weight excluding hydrogens is 508 g/mol. The van der Waals surface area contributed by atoms with Crippen molar-refractivity contribution in [1.29, 1.82) is 0 Å². The number of rotatable bonds is 2. The standard InChI is InChI=1S/C29H36O10/c1-12(8-14-9-13(2)23(33)36-14)19-21-26(19,5)6-7-27-20(22(32)29(21,35)39-27)15(30)10-16-25(3,4)37-17-11-18(31)38-28(16,17)24(27)34/h8-9,12,15-17,19-21,24,30,34-35H,6-7,10-11H2,1-5H3/b14-8-/t12-,15+,16+,17-,19?,20+,21?,24+,26?,27-,28-,29+/m1/s1. The predicted octanol–water partition coefficient (Wildman–Crippen LogP) is 1.30. The molecule has 10 nitrogen and oxygen atoms in total. The highest BCUT2D eigenvalue weighted by molar-refractivity contribution is 5.93. The number of carbonyl (C=O) groups is 3. The Morgan fingerprint density at radius 2 is 1.85 bits per heavy atom. The highest BCUT2D eigenvalue weighted by Crippen LogP contribution is 2.75. The first-order valence-electron chi connectivity index (χ1n) is 14.0. The van der Waals surface area contributed by atoms with Crippen molar-refractivity contribution in [1.82, 2.24) is 0 Å². The van der Waals surface area contributed by atoms with Gasteiger partial charge in [0, 0.05) is 17.4 Å². The number of cyclic esters (lactones) is 1. The zero-order valence-electron chi connectivity index (χ0n) is 22.8. The summed E-state index contributed by atoms with van der Waals surface area (Å²) in [6.45, 7) is 9.31. The van der Waals surface area contributed by atoms with Gasteiger partial charge in [0.05, 0.1) is 24.0 Å². The van der Waals surface area contributed by atoms with E-state index in [1.54, 1.807) is 13.0 Å². The van der Waals surface area contributed by atoms with Gasteiger partial charge in [-0.25, -0.2) is 4.79 Å². The van der Waals surface area contributed by atoms with Crippen LogP contribution in [0, 0.1) is 35.0 Å². The van der Waals surface area contributed by atoms with Crippen LogP contribution >= 0.6 is 0 Å². The number of allylic oxidation sites excluding steroid dienone is 2. The molecule has 0 aromatic heterocycles. The minimum absolute atomic E-state index is 0.0425. The molecule has 2 aliphatic carbocycles. The van der Waals surface area contributed by atoms with Gasteiger partial charge in [-0.05, 0) is 69.4 Å². The Morgan fingerprint density at radius 1 is 1.13 bits per heavy atom. The summed E-state index contributed by atoms with van der Waals surface area (Å²) in [5.41, 5.74) is -3.97. The van der Waals surface area contributed by atoms with Crippen LogP contribution in [0.15, 0.2) is 23.5 Å². The largest absolute Gasteiger partial charge is 0.453 e. The van der Waals surface area contributed by atoms with E-state index in [-0.39, 0.29) is 31.1 Å². The number of ether oxygens (including phenoxy) is 4. The van der Waals surface area contributed by atoms with Crippen molar-refractivity contribution in [3.05, 3.63) is 23.5 Å². The predicted molar refractivity (Wildman–Crippen MR) is 131 cm³/mol. The first-order chi connectivity index (χ1) is 18.1. The number of aliphatic hydroxyl groups excluding tert-OH is 2. The molecule has 5 aliphatic heterocycles. The topological polar surface area (TPSA) is 149 Å². The molecule has 0 aromatic carbocycles. The Kier molecular flexibility index (Phi) is 4.89. The summed E-state index contributed by atoms with van der Waals surface area (Å²) in [7, 11) is 0. The van der Waals surface area contributed by atoms with E-state index in [0.29, 0.717) is 17.8 Å². The molecule has 5 heterocycles. The van der Waals surface area contributed by atoms with Crippen LogP contribution in [0.3, 0.4) is 0 Å². The van der Waals surface area contributed by atoms with Gasteiger partial charge in [-0.15, -0.1) is 0 Å². The summed E-state index contributed by atoms with van der Waals surface area (Å²) in [6, 6.07) is 0. The van der Waals surface area contributed by atoms with Crippen LogP contribution in [0.5, 0.6) is 0 Å². The van der Waals surface area contributed by atoms with E-state index in [4.69, 9.17) is 18.9 Å². The average molecular weight is 545 g/mol. The molecule has 0 aromatic rings. The van der Waals surface area contributed by atoms with Gasteiger partial charge in [0.2, 0.25) is 11.6 Å². The second-order valence-corrected chi connectivity index (χ2v) is 13.7. The minimum Gasteiger partial charge on any atom is -0.453 e. The van der Waals surface area contributed by atoms with Gasteiger partial charge in [-0.1, -0.05) is 13.8 Å². The van der Waals surface area contributed by atoms with E-state index in [1.807, 2.05) is 33.8 Å². The van der Waals surface area contributed by atoms with Crippen molar-refractivity contribution < 1.29 is 48.7 Å². The zero-order chi connectivity index (χ0) is 28.1. The van der Waals surface area contributed by atoms with Gasteiger partial charge in [-0.2, -0.15) is 0 Å². The van der Waals surface area contributed by atoms with Crippen LogP contribution < -0.4 is 0 Å². The number of esters is 2. The molecule has 7 rings (SSSR count). The van der Waals surface area contributed by atoms with Gasteiger partial charge >= 0.3 is 11.9 Å². The summed E-state index contributed by atoms with van der Waals surface area (Å²) in [6.07, 6.45) is 0.723. The third-order valence-corrected chi connectivity index (χ3v) is 11.3. The lowest BCUT2D eigenvalue weighted by Crippen LogP contribution is -2.64. The molecule has 39 heavy (non-hydrogen) atoms. The summed E-state index contributed by atoms with van der Waals surface area (Å²) in [4.78, 5) is 38.5. The number of hydrogen-bond acceptors (Lipinski definition) is 10. The van der Waals surface area contributed by atoms with Crippen molar-refractivity contribution >= 4 is 17.7 Å². The number of carbonyl (C=O) groups excluding carboxylic acids is 3. The van der Waals surface area contributed by atoms with Gasteiger partial charge in [-0.3, -0.25) is 9.59 Å². The van der Waals surface area contributed by atoms with Crippen molar-refractivity contribution in [2.45, 2.75) is 101 Å².